The maximum absolute atomic E-state index is 12.9. The van der Waals surface area contributed by atoms with Crippen molar-refractivity contribution in [2.75, 3.05) is 13.1 Å². The first kappa shape index (κ1) is 15.9. The second-order valence-corrected chi connectivity index (χ2v) is 6.68. The lowest BCUT2D eigenvalue weighted by Crippen LogP contribution is -2.74. The first-order chi connectivity index (χ1) is 10.9. The van der Waals surface area contributed by atoms with Crippen molar-refractivity contribution in [1.82, 2.24) is 20.0 Å². The lowest BCUT2D eigenvalue weighted by atomic mass is 9.83. The molecule has 2 aliphatic heterocycles. The van der Waals surface area contributed by atoms with Crippen LogP contribution in [0.4, 0.5) is 0 Å². The van der Waals surface area contributed by atoms with Crippen LogP contribution in [-0.2, 0) is 9.59 Å². The monoisotopic (exact) mass is 322 g/mol. The van der Waals surface area contributed by atoms with Gasteiger partial charge in [0.2, 0.25) is 18.2 Å². The molecule has 3 heterocycles. The highest BCUT2D eigenvalue weighted by Crippen LogP contribution is 2.43. The van der Waals surface area contributed by atoms with Crippen LogP contribution in [0.3, 0.4) is 0 Å². The van der Waals surface area contributed by atoms with Crippen molar-refractivity contribution in [2.45, 2.75) is 51.3 Å². The number of aliphatic hydroxyl groups excluding tert-OH is 1. The molecule has 0 aromatic carbocycles. The van der Waals surface area contributed by atoms with Crippen molar-refractivity contribution in [2.24, 2.45) is 5.92 Å². The van der Waals surface area contributed by atoms with E-state index in [1.54, 1.807) is 11.8 Å². The molecule has 8 nitrogen and oxygen atoms in total. The van der Waals surface area contributed by atoms with E-state index in [2.05, 4.69) is 10.2 Å². The summed E-state index contributed by atoms with van der Waals surface area (Å²) in [4.78, 5) is 28.5. The molecule has 0 radical (unpaired) electrons. The lowest BCUT2D eigenvalue weighted by Gasteiger charge is -2.53. The van der Waals surface area contributed by atoms with Crippen LogP contribution in [0.1, 0.15) is 45.5 Å². The van der Waals surface area contributed by atoms with Gasteiger partial charge in [-0.1, -0.05) is 13.8 Å². The molecule has 0 saturated carbocycles. The molecule has 2 saturated heterocycles. The van der Waals surface area contributed by atoms with Crippen LogP contribution in [0.15, 0.2) is 10.8 Å². The van der Waals surface area contributed by atoms with E-state index in [0.29, 0.717) is 19.5 Å². The molecule has 1 aromatic heterocycles. The third-order valence-corrected chi connectivity index (χ3v) is 4.76. The van der Waals surface area contributed by atoms with E-state index in [-0.39, 0.29) is 23.6 Å². The minimum absolute atomic E-state index is 0.00175. The molecule has 3 atom stereocenters. The number of nitrogens with zero attached hydrogens (tertiary/aromatic N) is 4. The fourth-order valence-corrected chi connectivity index (χ4v) is 3.63. The molecular weight excluding hydrogens is 300 g/mol. The molecule has 0 bridgehead atoms. The summed E-state index contributed by atoms with van der Waals surface area (Å²) in [5, 5.41) is 17.5. The Morgan fingerprint density at radius 2 is 2.17 bits per heavy atom. The van der Waals surface area contributed by atoms with Gasteiger partial charge < -0.3 is 19.3 Å². The lowest BCUT2D eigenvalue weighted by molar-refractivity contribution is -0.176. The number of carbonyl (C=O) groups is 2. The van der Waals surface area contributed by atoms with Gasteiger partial charge in [-0.3, -0.25) is 9.59 Å². The van der Waals surface area contributed by atoms with Crippen LogP contribution < -0.4 is 0 Å². The van der Waals surface area contributed by atoms with Crippen LogP contribution >= 0.6 is 0 Å². The molecule has 1 N–H and O–H groups in total. The summed E-state index contributed by atoms with van der Waals surface area (Å²) < 4.78 is 5.17. The van der Waals surface area contributed by atoms with Crippen molar-refractivity contribution in [3.8, 4) is 0 Å². The van der Waals surface area contributed by atoms with Crippen molar-refractivity contribution in [3.05, 3.63) is 12.3 Å². The standard InChI is InChI=1S/C15H22N4O4/c1-9(2)13(21)19-6-4-5-15(19)7-18(14(15)22)11(10(3)20)12-17-16-8-23-12/h8-11,20H,4-7H2,1-3H3/t10-,11?,15+/m1/s1. The van der Waals surface area contributed by atoms with Gasteiger partial charge in [0.05, 0.1) is 12.6 Å². The fourth-order valence-electron chi connectivity index (χ4n) is 3.63. The quantitative estimate of drug-likeness (QED) is 0.803. The number of hydrogen-bond donors (Lipinski definition) is 1. The zero-order chi connectivity index (χ0) is 16.8. The van der Waals surface area contributed by atoms with E-state index in [4.69, 9.17) is 4.42 Å². The van der Waals surface area contributed by atoms with Gasteiger partial charge in [0.1, 0.15) is 11.6 Å². The van der Waals surface area contributed by atoms with Gasteiger partial charge in [-0.05, 0) is 19.8 Å². The number of rotatable bonds is 4. The SMILES string of the molecule is CC(C)C(=O)N1CCC[C@@]12CN(C(c1nnco1)[C@@H](C)O)C2=O. The maximum atomic E-state index is 12.9. The summed E-state index contributed by atoms with van der Waals surface area (Å²) in [7, 11) is 0. The third kappa shape index (κ3) is 2.32. The molecule has 126 valence electrons. The second-order valence-electron chi connectivity index (χ2n) is 6.68. The summed E-state index contributed by atoms with van der Waals surface area (Å²) >= 11 is 0. The normalized spacial score (nSPS) is 26.7. The highest BCUT2D eigenvalue weighted by atomic mass is 16.4. The first-order valence-corrected chi connectivity index (χ1v) is 7.95. The molecule has 3 rings (SSSR count). The average Bonchev–Trinajstić information content (AvgIpc) is 3.16. The largest absolute Gasteiger partial charge is 0.426 e. The van der Waals surface area contributed by atoms with Crippen LogP contribution in [0.2, 0.25) is 0 Å². The van der Waals surface area contributed by atoms with Gasteiger partial charge in [0, 0.05) is 12.5 Å². The molecule has 2 fully saturated rings. The predicted molar refractivity (Wildman–Crippen MR) is 78.9 cm³/mol. The third-order valence-electron chi connectivity index (χ3n) is 4.76. The number of carbonyl (C=O) groups excluding carboxylic acids is 2. The smallest absolute Gasteiger partial charge is 0.251 e. The molecule has 2 aliphatic rings. The molecular formula is C15H22N4O4. The number of β-lactam (4-membered cyclic amide) rings is 1. The molecule has 1 unspecified atom stereocenters. The van der Waals surface area contributed by atoms with Crippen molar-refractivity contribution in [1.29, 1.82) is 0 Å². The molecule has 1 spiro atoms. The van der Waals surface area contributed by atoms with Crippen LogP contribution in [-0.4, -0.2) is 61.7 Å². The van der Waals surface area contributed by atoms with Crippen molar-refractivity contribution < 1.29 is 19.1 Å². The topological polar surface area (TPSA) is 99.8 Å². The van der Waals surface area contributed by atoms with Crippen LogP contribution in [0.25, 0.3) is 0 Å². The number of aliphatic hydroxyl groups is 1. The second kappa shape index (κ2) is 5.59. The Labute approximate surface area is 134 Å². The Hall–Kier alpha value is -1.96. The minimum Gasteiger partial charge on any atom is -0.426 e. The molecule has 0 aliphatic carbocycles. The van der Waals surface area contributed by atoms with Gasteiger partial charge in [-0.2, -0.15) is 0 Å². The van der Waals surface area contributed by atoms with Gasteiger partial charge in [0.15, 0.2) is 0 Å². The maximum Gasteiger partial charge on any atom is 0.251 e. The van der Waals surface area contributed by atoms with Crippen LogP contribution in [0, 0.1) is 5.92 Å². The highest BCUT2D eigenvalue weighted by Gasteiger charge is 2.62. The van der Waals surface area contributed by atoms with E-state index in [0.717, 1.165) is 6.42 Å². The average molecular weight is 322 g/mol. The Balaban J connectivity index is 1.83. The minimum atomic E-state index is -0.840. The van der Waals surface area contributed by atoms with E-state index in [1.807, 2.05) is 13.8 Å². The Morgan fingerprint density at radius 3 is 2.70 bits per heavy atom. The zero-order valence-corrected chi connectivity index (χ0v) is 13.6. The predicted octanol–water partition coefficient (Wildman–Crippen LogP) is 0.351. The zero-order valence-electron chi connectivity index (χ0n) is 13.6. The summed E-state index contributed by atoms with van der Waals surface area (Å²) in [5.41, 5.74) is -0.755. The fraction of sp³-hybridized carbons (Fsp3) is 0.733. The number of amides is 2. The summed E-state index contributed by atoms with van der Waals surface area (Å²) in [6.45, 7) is 6.26. The number of hydrogen-bond acceptors (Lipinski definition) is 6. The molecule has 2 amide bonds. The molecule has 1 aromatic rings. The molecule has 8 heteroatoms. The van der Waals surface area contributed by atoms with Crippen molar-refractivity contribution >= 4 is 11.8 Å². The van der Waals surface area contributed by atoms with Gasteiger partial charge in [0.25, 0.3) is 5.91 Å². The van der Waals surface area contributed by atoms with Gasteiger partial charge in [-0.15, -0.1) is 10.2 Å². The van der Waals surface area contributed by atoms with E-state index in [1.165, 1.54) is 11.3 Å². The Kier molecular flexibility index (Phi) is 3.87. The Morgan fingerprint density at radius 1 is 1.43 bits per heavy atom. The van der Waals surface area contributed by atoms with Gasteiger partial charge in [-0.25, -0.2) is 0 Å². The highest BCUT2D eigenvalue weighted by molar-refractivity contribution is 5.97. The van der Waals surface area contributed by atoms with Crippen LogP contribution in [0.5, 0.6) is 0 Å². The van der Waals surface area contributed by atoms with Gasteiger partial charge >= 0.3 is 0 Å². The molecule has 23 heavy (non-hydrogen) atoms. The van der Waals surface area contributed by atoms with E-state index in [9.17, 15) is 14.7 Å². The van der Waals surface area contributed by atoms with E-state index >= 15 is 0 Å². The Bertz CT molecular complexity index is 601. The summed E-state index contributed by atoms with van der Waals surface area (Å²) in [6.07, 6.45) is 1.82. The van der Waals surface area contributed by atoms with E-state index < -0.39 is 17.7 Å². The van der Waals surface area contributed by atoms with Crippen molar-refractivity contribution in [3.63, 3.8) is 0 Å². The summed E-state index contributed by atoms with van der Waals surface area (Å²) in [5.74, 6) is -0.0757. The first-order valence-electron chi connectivity index (χ1n) is 7.95. The number of likely N-dealkylation sites (tertiary alicyclic amines) is 2. The number of aromatic nitrogens is 2. The summed E-state index contributed by atoms with van der Waals surface area (Å²) in [6, 6.07) is -0.674.